The highest BCUT2D eigenvalue weighted by atomic mass is 16.5. The van der Waals surface area contributed by atoms with Crippen LogP contribution < -0.4 is 10.1 Å². The van der Waals surface area contributed by atoms with Gasteiger partial charge in [-0.05, 0) is 50.5 Å². The first-order valence-electron chi connectivity index (χ1n) is 9.60. The topological polar surface area (TPSA) is 76.7 Å². The van der Waals surface area contributed by atoms with Crippen LogP contribution in [-0.2, 0) is 18.4 Å². The first-order valence-corrected chi connectivity index (χ1v) is 9.60. The summed E-state index contributed by atoms with van der Waals surface area (Å²) in [6.07, 6.45) is 7.30. The quantitative estimate of drug-likeness (QED) is 0.513. The molecule has 1 amide bonds. The number of fused-ring (bicyclic) bond motifs is 1. The highest BCUT2D eigenvalue weighted by Crippen LogP contribution is 2.22. The molecule has 1 N–H and O–H groups in total. The van der Waals surface area contributed by atoms with Crippen LogP contribution in [0.2, 0.25) is 0 Å². The molecule has 4 aromatic rings. The maximum absolute atomic E-state index is 12.8. The molecule has 0 aliphatic rings. The molecule has 0 spiro atoms. The summed E-state index contributed by atoms with van der Waals surface area (Å²) in [6, 6.07) is 12.7. The van der Waals surface area contributed by atoms with Crippen LogP contribution >= 0.6 is 0 Å². The number of nitrogens with zero attached hydrogens (tertiary/aromatic N) is 5. The van der Waals surface area contributed by atoms with Crippen molar-refractivity contribution in [1.82, 2.24) is 23.8 Å². The molecule has 1 aromatic carbocycles. The Morgan fingerprint density at radius 1 is 1.20 bits per heavy atom. The van der Waals surface area contributed by atoms with E-state index in [1.807, 2.05) is 89.9 Å². The van der Waals surface area contributed by atoms with Crippen LogP contribution in [0.25, 0.3) is 5.65 Å². The molecule has 0 bridgehead atoms. The number of nitrogens with one attached hydrogen (secondary N) is 1. The van der Waals surface area contributed by atoms with Gasteiger partial charge in [0.05, 0.1) is 23.9 Å². The van der Waals surface area contributed by atoms with Gasteiger partial charge in [0, 0.05) is 25.1 Å². The second kappa shape index (κ2) is 8.38. The number of likely N-dealkylation sites (N-methyl/N-ethyl adjacent to an activating group) is 1. The van der Waals surface area contributed by atoms with Gasteiger partial charge >= 0.3 is 0 Å². The Morgan fingerprint density at radius 2 is 2.00 bits per heavy atom. The van der Waals surface area contributed by atoms with E-state index in [9.17, 15) is 4.79 Å². The Labute approximate surface area is 174 Å². The maximum Gasteiger partial charge on any atom is 0.247 e. The van der Waals surface area contributed by atoms with Gasteiger partial charge in [-0.2, -0.15) is 0 Å². The molecule has 8 nitrogen and oxygen atoms in total. The van der Waals surface area contributed by atoms with Gasteiger partial charge in [0.25, 0.3) is 0 Å². The minimum atomic E-state index is -0.441. The fourth-order valence-electron chi connectivity index (χ4n) is 3.32. The third kappa shape index (κ3) is 4.18. The van der Waals surface area contributed by atoms with Crippen molar-refractivity contribution in [3.63, 3.8) is 0 Å². The average molecular weight is 404 g/mol. The number of benzene rings is 1. The summed E-state index contributed by atoms with van der Waals surface area (Å²) in [7, 11) is 5.61. The van der Waals surface area contributed by atoms with Crippen LogP contribution in [0, 0.1) is 0 Å². The SMILES string of the molecule is CN(C)[C@H](C(=O)Nc1ccc(OCc2cn3ccccc3n2)cc1)c1cncn1C. The van der Waals surface area contributed by atoms with Crippen LogP contribution in [0.3, 0.4) is 0 Å². The van der Waals surface area contributed by atoms with E-state index in [1.54, 1.807) is 12.5 Å². The standard InChI is InChI=1S/C22H24N6O2/c1-26(2)21(19-12-23-15-27(19)3)22(29)25-16-7-9-18(10-8-16)30-14-17-13-28-11-5-4-6-20(28)24-17/h4-13,15,21H,14H2,1-3H3,(H,25,29)/t21-/m0/s1. The second-order valence-electron chi connectivity index (χ2n) is 7.30. The highest BCUT2D eigenvalue weighted by molar-refractivity contribution is 5.95. The number of anilines is 1. The Balaban J connectivity index is 1.39. The smallest absolute Gasteiger partial charge is 0.247 e. The van der Waals surface area contributed by atoms with Crippen molar-refractivity contribution >= 4 is 17.2 Å². The predicted octanol–water partition coefficient (Wildman–Crippen LogP) is 2.89. The number of ether oxygens (including phenoxy) is 1. The van der Waals surface area contributed by atoms with Gasteiger partial charge in [0.1, 0.15) is 24.0 Å². The Hall–Kier alpha value is -3.65. The van der Waals surface area contributed by atoms with Crippen LogP contribution in [0.5, 0.6) is 5.75 Å². The molecule has 4 rings (SSSR count). The van der Waals surface area contributed by atoms with Crippen LogP contribution in [0.4, 0.5) is 5.69 Å². The molecule has 8 heteroatoms. The van der Waals surface area contributed by atoms with Crippen molar-refractivity contribution in [3.05, 3.63) is 78.8 Å². The van der Waals surface area contributed by atoms with E-state index >= 15 is 0 Å². The number of amides is 1. The predicted molar refractivity (Wildman–Crippen MR) is 114 cm³/mol. The number of rotatable bonds is 7. The number of hydrogen-bond donors (Lipinski definition) is 1. The highest BCUT2D eigenvalue weighted by Gasteiger charge is 2.25. The summed E-state index contributed by atoms with van der Waals surface area (Å²) in [5, 5.41) is 2.96. The summed E-state index contributed by atoms with van der Waals surface area (Å²) >= 11 is 0. The van der Waals surface area contributed by atoms with Crippen LogP contribution in [0.1, 0.15) is 17.4 Å². The molecule has 0 unspecified atom stereocenters. The molecule has 30 heavy (non-hydrogen) atoms. The Kier molecular flexibility index (Phi) is 5.49. The molecule has 1 atom stereocenters. The minimum Gasteiger partial charge on any atom is -0.487 e. The lowest BCUT2D eigenvalue weighted by atomic mass is 10.1. The lowest BCUT2D eigenvalue weighted by molar-refractivity contribution is -0.120. The first-order chi connectivity index (χ1) is 14.5. The van der Waals surface area contributed by atoms with Crippen molar-refractivity contribution < 1.29 is 9.53 Å². The van der Waals surface area contributed by atoms with Crippen molar-refractivity contribution in [2.75, 3.05) is 19.4 Å². The Bertz CT molecular complexity index is 1110. The molecule has 0 saturated carbocycles. The molecular weight excluding hydrogens is 380 g/mol. The lowest BCUT2D eigenvalue weighted by Crippen LogP contribution is -2.33. The van der Waals surface area contributed by atoms with Gasteiger partial charge in [-0.1, -0.05) is 6.07 Å². The largest absolute Gasteiger partial charge is 0.487 e. The molecule has 0 radical (unpaired) electrons. The first kappa shape index (κ1) is 19.7. The average Bonchev–Trinajstić information content (AvgIpc) is 3.33. The van der Waals surface area contributed by atoms with Crippen molar-refractivity contribution in [3.8, 4) is 5.75 Å². The molecule has 0 aliphatic carbocycles. The molecule has 3 heterocycles. The normalized spacial score (nSPS) is 12.3. The second-order valence-corrected chi connectivity index (χ2v) is 7.30. The van der Waals surface area contributed by atoms with Gasteiger partial charge in [-0.3, -0.25) is 9.69 Å². The molecule has 3 aromatic heterocycles. The van der Waals surface area contributed by atoms with E-state index in [1.165, 1.54) is 0 Å². The number of carbonyl (C=O) groups excluding carboxylic acids is 1. The summed E-state index contributed by atoms with van der Waals surface area (Å²) < 4.78 is 9.64. The third-order valence-electron chi connectivity index (χ3n) is 4.82. The summed E-state index contributed by atoms with van der Waals surface area (Å²) in [5.74, 6) is 0.586. The lowest BCUT2D eigenvalue weighted by Gasteiger charge is -2.23. The number of hydrogen-bond acceptors (Lipinski definition) is 5. The molecule has 0 fully saturated rings. The van der Waals surface area contributed by atoms with Crippen molar-refractivity contribution in [2.24, 2.45) is 7.05 Å². The summed E-state index contributed by atoms with van der Waals surface area (Å²) in [6.45, 7) is 0.372. The molecule has 154 valence electrons. The van der Waals surface area contributed by atoms with E-state index in [2.05, 4.69) is 15.3 Å². The zero-order chi connectivity index (χ0) is 21.1. The van der Waals surface area contributed by atoms with Gasteiger partial charge in [-0.15, -0.1) is 0 Å². The number of aryl methyl sites for hydroxylation is 1. The van der Waals surface area contributed by atoms with Crippen molar-refractivity contribution in [1.29, 1.82) is 0 Å². The zero-order valence-electron chi connectivity index (χ0n) is 17.2. The fraction of sp³-hybridized carbons (Fsp3) is 0.227. The Morgan fingerprint density at radius 3 is 2.67 bits per heavy atom. The molecule has 0 saturated heterocycles. The maximum atomic E-state index is 12.8. The number of carbonyl (C=O) groups is 1. The van der Waals surface area contributed by atoms with Crippen LogP contribution in [-0.4, -0.2) is 43.8 Å². The van der Waals surface area contributed by atoms with Gasteiger partial charge in [-0.25, -0.2) is 9.97 Å². The van der Waals surface area contributed by atoms with Gasteiger partial charge < -0.3 is 19.0 Å². The molecule has 0 aliphatic heterocycles. The zero-order valence-corrected chi connectivity index (χ0v) is 17.2. The van der Waals surface area contributed by atoms with E-state index < -0.39 is 6.04 Å². The van der Waals surface area contributed by atoms with Crippen LogP contribution in [0.15, 0.2) is 67.4 Å². The van der Waals surface area contributed by atoms with Crippen molar-refractivity contribution in [2.45, 2.75) is 12.6 Å². The monoisotopic (exact) mass is 404 g/mol. The van der Waals surface area contributed by atoms with Gasteiger partial charge in [0.15, 0.2) is 0 Å². The molecular formula is C22H24N6O2. The van der Waals surface area contributed by atoms with E-state index in [0.29, 0.717) is 18.0 Å². The number of pyridine rings is 1. The minimum absolute atomic E-state index is 0.123. The third-order valence-corrected chi connectivity index (χ3v) is 4.82. The number of imidazole rings is 2. The van der Waals surface area contributed by atoms with E-state index in [-0.39, 0.29) is 5.91 Å². The summed E-state index contributed by atoms with van der Waals surface area (Å²) in [4.78, 5) is 23.3. The van der Waals surface area contributed by atoms with E-state index in [4.69, 9.17) is 4.74 Å². The van der Waals surface area contributed by atoms with E-state index in [0.717, 1.165) is 17.0 Å². The fourth-order valence-corrected chi connectivity index (χ4v) is 3.32. The number of aromatic nitrogens is 4. The van der Waals surface area contributed by atoms with Gasteiger partial charge in [0.2, 0.25) is 5.91 Å². The summed E-state index contributed by atoms with van der Waals surface area (Å²) in [5.41, 5.74) is 3.26.